The monoisotopic (exact) mass is 156 g/mol. The van der Waals surface area contributed by atoms with Crippen LogP contribution in [0.15, 0.2) is 0 Å². The molecule has 2 fully saturated rings. The molecule has 1 atom stereocenters. The molecule has 0 bridgehead atoms. The van der Waals surface area contributed by atoms with Gasteiger partial charge in [0.05, 0.1) is 5.60 Å². The summed E-state index contributed by atoms with van der Waals surface area (Å²) >= 11 is 0. The molecule has 0 radical (unpaired) electrons. The molecule has 1 heterocycles. The lowest BCUT2D eigenvalue weighted by atomic mass is 9.96. The maximum Gasteiger partial charge on any atom is 0.0687 e. The van der Waals surface area contributed by atoms with Crippen LogP contribution < -0.4 is 0 Å². The molecule has 2 aliphatic rings. The number of rotatable bonds is 0. The van der Waals surface area contributed by atoms with Crippen molar-refractivity contribution in [1.29, 1.82) is 0 Å². The van der Waals surface area contributed by atoms with Crippen LogP contribution in [0.1, 0.15) is 46.5 Å². The van der Waals surface area contributed by atoms with E-state index in [-0.39, 0.29) is 0 Å². The van der Waals surface area contributed by atoms with Crippen molar-refractivity contribution in [2.24, 2.45) is 5.92 Å². The third-order valence-electron chi connectivity index (χ3n) is 2.55. The minimum absolute atomic E-state index is 0.400. The molecular weight excluding hydrogens is 136 g/mol. The lowest BCUT2D eigenvalue weighted by molar-refractivity contribution is -0.0243. The Morgan fingerprint density at radius 1 is 1.27 bits per heavy atom. The fourth-order valence-electron chi connectivity index (χ4n) is 1.76. The molecule has 1 saturated heterocycles. The summed E-state index contributed by atoms with van der Waals surface area (Å²) in [5.74, 6) is 0.918. The molecule has 2 rings (SSSR count). The summed E-state index contributed by atoms with van der Waals surface area (Å²) in [7, 11) is 0. The topological polar surface area (TPSA) is 9.23 Å². The van der Waals surface area contributed by atoms with Crippen LogP contribution in [0.2, 0.25) is 0 Å². The molecule has 1 heteroatoms. The summed E-state index contributed by atoms with van der Waals surface area (Å²) in [5.41, 5.74) is 0.400. The van der Waals surface area contributed by atoms with E-state index in [4.69, 9.17) is 4.74 Å². The van der Waals surface area contributed by atoms with Crippen LogP contribution >= 0.6 is 0 Å². The van der Waals surface area contributed by atoms with Gasteiger partial charge in [0.25, 0.3) is 0 Å². The minimum atomic E-state index is 0.400. The largest absolute Gasteiger partial charge is 0.375 e. The van der Waals surface area contributed by atoms with Crippen LogP contribution in [-0.2, 0) is 4.74 Å². The van der Waals surface area contributed by atoms with E-state index in [2.05, 4.69) is 6.92 Å². The van der Waals surface area contributed by atoms with Gasteiger partial charge in [-0.3, -0.25) is 0 Å². The lowest BCUT2D eigenvalue weighted by Gasteiger charge is -2.26. The van der Waals surface area contributed by atoms with Crippen LogP contribution in [0.4, 0.5) is 0 Å². The van der Waals surface area contributed by atoms with Crippen molar-refractivity contribution in [3.63, 3.8) is 0 Å². The molecular formula is C10H20O. The van der Waals surface area contributed by atoms with E-state index < -0.39 is 0 Å². The van der Waals surface area contributed by atoms with Crippen molar-refractivity contribution in [3.8, 4) is 0 Å². The number of hydrogen-bond donors (Lipinski definition) is 0. The minimum Gasteiger partial charge on any atom is -0.375 e. The van der Waals surface area contributed by atoms with Gasteiger partial charge in [-0.2, -0.15) is 0 Å². The van der Waals surface area contributed by atoms with Gasteiger partial charge in [0.2, 0.25) is 0 Å². The van der Waals surface area contributed by atoms with E-state index in [9.17, 15) is 0 Å². The highest BCUT2D eigenvalue weighted by Gasteiger charge is 2.46. The Balaban J connectivity index is 0.000000281. The first-order valence-electron chi connectivity index (χ1n) is 4.95. The smallest absolute Gasteiger partial charge is 0.0687 e. The zero-order valence-corrected chi connectivity index (χ0v) is 8.02. The Morgan fingerprint density at radius 2 is 1.91 bits per heavy atom. The van der Waals surface area contributed by atoms with Gasteiger partial charge < -0.3 is 4.74 Å². The standard InChI is InChI=1S/C8H14O.C2H6/c1-7-2-5-9-8(6-7)3-4-8;1-2/h7H,2-6H2,1H3;1-2H3. The van der Waals surface area contributed by atoms with Gasteiger partial charge in [0, 0.05) is 6.61 Å². The molecule has 0 aromatic rings. The van der Waals surface area contributed by atoms with E-state index in [1.807, 2.05) is 13.8 Å². The average Bonchev–Trinajstić information content (AvgIpc) is 2.73. The van der Waals surface area contributed by atoms with Crippen molar-refractivity contribution in [2.75, 3.05) is 6.61 Å². The van der Waals surface area contributed by atoms with E-state index in [1.165, 1.54) is 25.7 Å². The second-order valence-corrected chi connectivity index (χ2v) is 3.63. The molecule has 0 aromatic heterocycles. The second-order valence-electron chi connectivity index (χ2n) is 3.63. The highest BCUT2D eigenvalue weighted by atomic mass is 16.5. The molecule has 1 saturated carbocycles. The maximum absolute atomic E-state index is 5.65. The van der Waals surface area contributed by atoms with Crippen molar-refractivity contribution in [1.82, 2.24) is 0 Å². The SMILES string of the molecule is CC.CC1CCOC2(CC2)C1. The second kappa shape index (κ2) is 3.57. The van der Waals surface area contributed by atoms with Gasteiger partial charge in [-0.15, -0.1) is 0 Å². The van der Waals surface area contributed by atoms with Crippen LogP contribution in [0, 0.1) is 5.92 Å². The quantitative estimate of drug-likeness (QED) is 0.524. The van der Waals surface area contributed by atoms with E-state index in [0.29, 0.717) is 5.60 Å². The van der Waals surface area contributed by atoms with Crippen molar-refractivity contribution >= 4 is 0 Å². The van der Waals surface area contributed by atoms with Gasteiger partial charge in [-0.05, 0) is 31.6 Å². The third-order valence-corrected chi connectivity index (χ3v) is 2.55. The Bertz CT molecular complexity index is 116. The summed E-state index contributed by atoms with van der Waals surface area (Å²) in [6, 6.07) is 0. The van der Waals surface area contributed by atoms with Crippen molar-refractivity contribution in [2.45, 2.75) is 52.1 Å². The molecule has 11 heavy (non-hydrogen) atoms. The molecule has 1 nitrogen and oxygen atoms in total. The van der Waals surface area contributed by atoms with Gasteiger partial charge in [-0.25, -0.2) is 0 Å². The summed E-state index contributed by atoms with van der Waals surface area (Å²) < 4.78 is 5.65. The first-order valence-corrected chi connectivity index (χ1v) is 4.95. The highest BCUT2D eigenvalue weighted by Crippen LogP contribution is 2.47. The molecule has 1 unspecified atom stereocenters. The first kappa shape index (κ1) is 9.05. The van der Waals surface area contributed by atoms with E-state index in [0.717, 1.165) is 12.5 Å². The third kappa shape index (κ3) is 2.19. The molecule has 66 valence electrons. The van der Waals surface area contributed by atoms with Crippen LogP contribution in [0.3, 0.4) is 0 Å². The normalized spacial score (nSPS) is 32.5. The van der Waals surface area contributed by atoms with Gasteiger partial charge in [-0.1, -0.05) is 20.8 Å². The van der Waals surface area contributed by atoms with Crippen molar-refractivity contribution in [3.05, 3.63) is 0 Å². The van der Waals surface area contributed by atoms with Crippen LogP contribution in [0.5, 0.6) is 0 Å². The van der Waals surface area contributed by atoms with Crippen molar-refractivity contribution < 1.29 is 4.74 Å². The van der Waals surface area contributed by atoms with E-state index in [1.54, 1.807) is 0 Å². The summed E-state index contributed by atoms with van der Waals surface area (Å²) in [6.45, 7) is 7.35. The predicted molar refractivity (Wildman–Crippen MR) is 47.7 cm³/mol. The summed E-state index contributed by atoms with van der Waals surface area (Å²) in [4.78, 5) is 0. The molecule has 1 spiro atoms. The molecule has 0 aromatic carbocycles. The van der Waals surface area contributed by atoms with Crippen LogP contribution in [-0.4, -0.2) is 12.2 Å². The van der Waals surface area contributed by atoms with Gasteiger partial charge >= 0.3 is 0 Å². The Morgan fingerprint density at radius 3 is 2.27 bits per heavy atom. The molecule has 0 amide bonds. The zero-order chi connectivity index (χ0) is 8.32. The first-order chi connectivity index (χ1) is 5.31. The van der Waals surface area contributed by atoms with Gasteiger partial charge in [0.1, 0.15) is 0 Å². The molecule has 1 aliphatic carbocycles. The summed E-state index contributed by atoms with van der Waals surface area (Å²) in [5, 5.41) is 0. The fourth-order valence-corrected chi connectivity index (χ4v) is 1.76. The number of ether oxygens (including phenoxy) is 1. The Kier molecular flexibility index (Phi) is 2.94. The van der Waals surface area contributed by atoms with E-state index >= 15 is 0 Å². The Labute approximate surface area is 70.1 Å². The predicted octanol–water partition coefficient (Wildman–Crippen LogP) is 2.99. The maximum atomic E-state index is 5.65. The lowest BCUT2D eigenvalue weighted by Crippen LogP contribution is -2.25. The van der Waals surface area contributed by atoms with Gasteiger partial charge in [0.15, 0.2) is 0 Å². The highest BCUT2D eigenvalue weighted by molar-refractivity contribution is 4.98. The average molecular weight is 156 g/mol. The number of hydrogen-bond acceptors (Lipinski definition) is 1. The fraction of sp³-hybridized carbons (Fsp3) is 1.00. The van der Waals surface area contributed by atoms with Crippen LogP contribution in [0.25, 0.3) is 0 Å². The molecule has 1 aliphatic heterocycles. The molecule has 0 N–H and O–H groups in total. The Hall–Kier alpha value is -0.0400. The summed E-state index contributed by atoms with van der Waals surface area (Å²) in [6.07, 6.45) is 5.27. The zero-order valence-electron chi connectivity index (χ0n) is 8.02.